The highest BCUT2D eigenvalue weighted by molar-refractivity contribution is 5.99. The molecule has 0 aliphatic carbocycles. The Morgan fingerprint density at radius 2 is 1.62 bits per heavy atom. The van der Waals surface area contributed by atoms with Crippen LogP contribution in [-0.2, 0) is 16.0 Å². The van der Waals surface area contributed by atoms with Gasteiger partial charge in [-0.15, -0.1) is 0 Å². The van der Waals surface area contributed by atoms with Crippen LogP contribution in [0, 0.1) is 6.92 Å². The van der Waals surface area contributed by atoms with Crippen molar-refractivity contribution in [2.24, 2.45) is 0 Å². The third kappa shape index (κ3) is 5.88. The highest BCUT2D eigenvalue weighted by Crippen LogP contribution is 2.28. The fourth-order valence-electron chi connectivity index (χ4n) is 3.71. The number of hydrogen-bond donors (Lipinski definition) is 3. The van der Waals surface area contributed by atoms with Crippen LogP contribution in [-0.4, -0.2) is 46.8 Å². The second kappa shape index (κ2) is 11.2. The maximum atomic E-state index is 13.2. The molecule has 2 unspecified atom stereocenters. The van der Waals surface area contributed by atoms with Gasteiger partial charge in [0.05, 0.1) is 18.2 Å². The Balaban J connectivity index is 1.92. The number of esters is 1. The Kier molecular flexibility index (Phi) is 8.16. The van der Waals surface area contributed by atoms with Gasteiger partial charge in [-0.3, -0.25) is 4.79 Å². The van der Waals surface area contributed by atoms with Gasteiger partial charge in [-0.2, -0.15) is 0 Å². The van der Waals surface area contributed by atoms with Crippen molar-refractivity contribution in [1.82, 2.24) is 5.32 Å². The fraction of sp³-hybridized carbons (Fsp3) is 0.222. The molecule has 0 spiro atoms. The Hall–Kier alpha value is -3.97. The molecule has 0 saturated carbocycles. The molecule has 0 radical (unpaired) electrons. The second-order valence-corrected chi connectivity index (χ2v) is 7.85. The predicted molar refractivity (Wildman–Crippen MR) is 128 cm³/mol. The number of carboxylic acid groups (broad SMARTS) is 1. The lowest BCUT2D eigenvalue weighted by Crippen LogP contribution is -2.48. The number of nitrogens with one attached hydrogen (secondary N) is 1. The summed E-state index contributed by atoms with van der Waals surface area (Å²) in [6, 6.07) is 19.8. The van der Waals surface area contributed by atoms with E-state index in [9.17, 15) is 24.6 Å². The molecule has 0 aliphatic rings. The summed E-state index contributed by atoms with van der Waals surface area (Å²) >= 11 is 0. The number of carbonyl (C=O) groups excluding carboxylic acids is 2. The van der Waals surface area contributed by atoms with Gasteiger partial charge < -0.3 is 20.3 Å². The van der Waals surface area contributed by atoms with E-state index in [-0.39, 0.29) is 24.2 Å². The van der Waals surface area contributed by atoms with Crippen molar-refractivity contribution in [3.05, 3.63) is 95.1 Å². The van der Waals surface area contributed by atoms with Gasteiger partial charge in [-0.05, 0) is 60.7 Å². The molecule has 0 aromatic heterocycles. The first-order chi connectivity index (χ1) is 16.3. The van der Waals surface area contributed by atoms with Crippen molar-refractivity contribution in [3.63, 3.8) is 0 Å². The zero-order valence-corrected chi connectivity index (χ0v) is 19.0. The molecule has 7 nitrogen and oxygen atoms in total. The molecule has 0 heterocycles. The Morgan fingerprint density at radius 3 is 2.29 bits per heavy atom. The minimum Gasteiger partial charge on any atom is -0.478 e. The van der Waals surface area contributed by atoms with Crippen molar-refractivity contribution in [1.29, 1.82) is 0 Å². The molecular weight excluding hydrogens is 434 g/mol. The zero-order chi connectivity index (χ0) is 24.7. The second-order valence-electron chi connectivity index (χ2n) is 7.85. The molecule has 3 aromatic carbocycles. The van der Waals surface area contributed by atoms with Crippen molar-refractivity contribution in [2.45, 2.75) is 32.4 Å². The minimum absolute atomic E-state index is 0.103. The third-order valence-corrected chi connectivity index (χ3v) is 5.47. The van der Waals surface area contributed by atoms with E-state index in [0.29, 0.717) is 11.1 Å². The van der Waals surface area contributed by atoms with Gasteiger partial charge in [0.1, 0.15) is 0 Å². The van der Waals surface area contributed by atoms with Crippen molar-refractivity contribution >= 4 is 17.8 Å². The number of carboxylic acids is 1. The molecular formula is C27H27NO6. The first kappa shape index (κ1) is 24.7. The lowest BCUT2D eigenvalue weighted by Gasteiger charge is -2.23. The molecule has 3 rings (SSSR count). The number of ether oxygens (including phenoxy) is 1. The molecule has 0 saturated heterocycles. The summed E-state index contributed by atoms with van der Waals surface area (Å²) in [5, 5.41) is 22.9. The van der Waals surface area contributed by atoms with Gasteiger partial charge in [0.15, 0.2) is 6.10 Å². The molecule has 2 atom stereocenters. The monoisotopic (exact) mass is 461 g/mol. The molecule has 176 valence electrons. The fourth-order valence-corrected chi connectivity index (χ4v) is 3.71. The van der Waals surface area contributed by atoms with E-state index in [4.69, 9.17) is 4.74 Å². The van der Waals surface area contributed by atoms with Crippen LogP contribution in [0.15, 0.2) is 72.8 Å². The summed E-state index contributed by atoms with van der Waals surface area (Å²) in [6.45, 7) is 3.57. The topological polar surface area (TPSA) is 113 Å². The van der Waals surface area contributed by atoms with Crippen LogP contribution in [0.3, 0.4) is 0 Å². The highest BCUT2D eigenvalue weighted by Gasteiger charge is 2.29. The SMILES string of the molecule is CCOC(=O)C(O)C(Cc1ccccc1)NC(=O)c1ccc(C)c(-c2ccccc2C(=O)O)c1. The minimum atomic E-state index is -1.55. The van der Waals surface area contributed by atoms with Crippen LogP contribution in [0.25, 0.3) is 11.1 Å². The van der Waals surface area contributed by atoms with E-state index in [0.717, 1.165) is 11.1 Å². The number of amides is 1. The average molecular weight is 462 g/mol. The third-order valence-electron chi connectivity index (χ3n) is 5.47. The standard InChI is InChI=1S/C27H27NO6/c1-3-34-27(33)24(29)23(15-18-9-5-4-6-10-18)28-25(30)19-14-13-17(2)22(16-19)20-11-7-8-12-21(20)26(31)32/h4-14,16,23-24,29H,3,15H2,1-2H3,(H,28,30)(H,31,32). The van der Waals surface area contributed by atoms with Crippen molar-refractivity contribution < 1.29 is 29.3 Å². The highest BCUT2D eigenvalue weighted by atomic mass is 16.5. The summed E-state index contributed by atoms with van der Waals surface area (Å²) in [7, 11) is 0. The van der Waals surface area contributed by atoms with E-state index in [1.165, 1.54) is 6.07 Å². The number of aromatic carboxylic acids is 1. The molecule has 1 amide bonds. The van der Waals surface area contributed by atoms with Gasteiger partial charge in [-0.25, -0.2) is 9.59 Å². The normalized spacial score (nSPS) is 12.4. The number of aliphatic hydroxyl groups is 1. The quantitative estimate of drug-likeness (QED) is 0.420. The van der Waals surface area contributed by atoms with Crippen LogP contribution in [0.1, 0.15) is 38.8 Å². The van der Waals surface area contributed by atoms with Crippen LogP contribution in [0.5, 0.6) is 0 Å². The van der Waals surface area contributed by atoms with Crippen LogP contribution >= 0.6 is 0 Å². The first-order valence-corrected chi connectivity index (χ1v) is 10.9. The number of rotatable bonds is 9. The van der Waals surface area contributed by atoms with Gasteiger partial charge in [0.2, 0.25) is 0 Å². The maximum Gasteiger partial charge on any atom is 0.337 e. The Morgan fingerprint density at radius 1 is 0.941 bits per heavy atom. The number of benzene rings is 3. The zero-order valence-electron chi connectivity index (χ0n) is 19.0. The van der Waals surface area contributed by atoms with E-state index in [1.54, 1.807) is 43.3 Å². The molecule has 0 bridgehead atoms. The summed E-state index contributed by atoms with van der Waals surface area (Å²) in [5.41, 5.74) is 3.14. The molecule has 3 aromatic rings. The van der Waals surface area contributed by atoms with Gasteiger partial charge in [0, 0.05) is 5.56 Å². The van der Waals surface area contributed by atoms with Crippen LogP contribution in [0.2, 0.25) is 0 Å². The van der Waals surface area contributed by atoms with E-state index in [2.05, 4.69) is 5.32 Å². The Labute approximate surface area is 198 Å². The van der Waals surface area contributed by atoms with Gasteiger partial charge in [0.25, 0.3) is 5.91 Å². The smallest absolute Gasteiger partial charge is 0.337 e. The van der Waals surface area contributed by atoms with Crippen molar-refractivity contribution in [3.8, 4) is 11.1 Å². The predicted octanol–water partition coefficient (Wildman–Crippen LogP) is 3.63. The van der Waals surface area contributed by atoms with Gasteiger partial charge in [-0.1, -0.05) is 54.6 Å². The molecule has 0 fully saturated rings. The first-order valence-electron chi connectivity index (χ1n) is 10.9. The number of aryl methyl sites for hydroxylation is 1. The summed E-state index contributed by atoms with van der Waals surface area (Å²) in [6.07, 6.45) is -1.34. The summed E-state index contributed by atoms with van der Waals surface area (Å²) in [5.74, 6) is -2.38. The molecule has 3 N–H and O–H groups in total. The summed E-state index contributed by atoms with van der Waals surface area (Å²) in [4.78, 5) is 37.0. The van der Waals surface area contributed by atoms with Crippen molar-refractivity contribution in [2.75, 3.05) is 6.61 Å². The average Bonchev–Trinajstić information content (AvgIpc) is 2.84. The van der Waals surface area contributed by atoms with E-state index >= 15 is 0 Å². The number of aliphatic hydroxyl groups excluding tert-OH is 1. The van der Waals surface area contributed by atoms with E-state index in [1.807, 2.05) is 37.3 Å². The molecule has 34 heavy (non-hydrogen) atoms. The molecule has 0 aliphatic heterocycles. The lowest BCUT2D eigenvalue weighted by atomic mass is 9.94. The molecule has 7 heteroatoms. The van der Waals surface area contributed by atoms with Crippen LogP contribution < -0.4 is 5.32 Å². The largest absolute Gasteiger partial charge is 0.478 e. The maximum absolute atomic E-state index is 13.2. The van der Waals surface area contributed by atoms with Gasteiger partial charge >= 0.3 is 11.9 Å². The lowest BCUT2D eigenvalue weighted by molar-refractivity contribution is -0.154. The number of hydrogen-bond acceptors (Lipinski definition) is 5. The summed E-state index contributed by atoms with van der Waals surface area (Å²) < 4.78 is 4.94. The van der Waals surface area contributed by atoms with Crippen LogP contribution in [0.4, 0.5) is 0 Å². The number of carbonyl (C=O) groups is 3. The van der Waals surface area contributed by atoms with E-state index < -0.39 is 30.0 Å². The Bertz CT molecular complexity index is 1170.